The molecule has 2 heterocycles. The Hall–Kier alpha value is -3.79. The Labute approximate surface area is 209 Å². The summed E-state index contributed by atoms with van der Waals surface area (Å²) >= 11 is 0. The van der Waals surface area contributed by atoms with Crippen molar-refractivity contribution < 1.29 is 19.1 Å². The van der Waals surface area contributed by atoms with Gasteiger partial charge in [0.15, 0.2) is 12.3 Å². The molecule has 1 saturated heterocycles. The smallest absolute Gasteiger partial charge is 0.404 e. The summed E-state index contributed by atoms with van der Waals surface area (Å²) in [6, 6.07) is 16.2. The molecule has 1 fully saturated rings. The molecule has 192 valence electrons. The van der Waals surface area contributed by atoms with Crippen molar-refractivity contribution in [3.8, 4) is 5.75 Å². The number of primary amides is 1. The van der Waals surface area contributed by atoms with E-state index in [-0.39, 0.29) is 11.6 Å². The number of ether oxygens (including phenoxy) is 2. The first-order valence-corrected chi connectivity index (χ1v) is 12.3. The van der Waals surface area contributed by atoms with E-state index in [0.29, 0.717) is 37.4 Å². The fourth-order valence-electron chi connectivity index (χ4n) is 4.78. The van der Waals surface area contributed by atoms with E-state index in [0.717, 1.165) is 18.4 Å². The van der Waals surface area contributed by atoms with Gasteiger partial charge >= 0.3 is 17.8 Å². The van der Waals surface area contributed by atoms with Gasteiger partial charge in [0.2, 0.25) is 0 Å². The third-order valence-electron chi connectivity index (χ3n) is 6.61. The number of rotatable bonds is 8. The largest absolute Gasteiger partial charge is 0.471 e. The minimum Gasteiger partial charge on any atom is -0.471 e. The van der Waals surface area contributed by atoms with Gasteiger partial charge in [-0.25, -0.2) is 19.0 Å². The third kappa shape index (κ3) is 5.54. The summed E-state index contributed by atoms with van der Waals surface area (Å²) in [5, 5.41) is 2.95. The van der Waals surface area contributed by atoms with Gasteiger partial charge in [-0.1, -0.05) is 30.3 Å². The first kappa shape index (κ1) is 25.3. The van der Waals surface area contributed by atoms with Crippen LogP contribution in [0.3, 0.4) is 0 Å². The van der Waals surface area contributed by atoms with Crippen molar-refractivity contribution in [2.24, 2.45) is 11.7 Å². The Morgan fingerprint density at radius 3 is 2.33 bits per heavy atom. The van der Waals surface area contributed by atoms with Crippen LogP contribution in [0, 0.1) is 5.92 Å². The average molecular weight is 496 g/mol. The molecule has 3 N–H and O–H groups in total. The van der Waals surface area contributed by atoms with Crippen LogP contribution in [-0.2, 0) is 11.3 Å². The lowest BCUT2D eigenvalue weighted by molar-refractivity contribution is -0.0728. The van der Waals surface area contributed by atoms with Gasteiger partial charge in [-0.2, -0.15) is 0 Å². The summed E-state index contributed by atoms with van der Waals surface area (Å²) in [6.07, 6.45) is -0.287. The fraction of sp³-hybridized carbons (Fsp3) is 0.423. The summed E-state index contributed by atoms with van der Waals surface area (Å²) in [4.78, 5) is 39.3. The summed E-state index contributed by atoms with van der Waals surface area (Å²) in [5.74, 6) is 0.915. The summed E-state index contributed by atoms with van der Waals surface area (Å²) in [6.45, 7) is 5.98. The predicted molar refractivity (Wildman–Crippen MR) is 136 cm³/mol. The van der Waals surface area contributed by atoms with E-state index in [1.54, 1.807) is 17.6 Å². The molecule has 0 spiro atoms. The van der Waals surface area contributed by atoms with Gasteiger partial charge in [0.1, 0.15) is 5.75 Å². The van der Waals surface area contributed by atoms with Crippen molar-refractivity contribution >= 4 is 23.2 Å². The molecule has 10 heteroatoms. The van der Waals surface area contributed by atoms with Crippen LogP contribution in [0.2, 0.25) is 0 Å². The van der Waals surface area contributed by atoms with Gasteiger partial charge in [0, 0.05) is 26.2 Å². The van der Waals surface area contributed by atoms with Crippen LogP contribution < -0.4 is 21.5 Å². The number of carbonyl (C=O) groups excluding carboxylic acids is 2. The summed E-state index contributed by atoms with van der Waals surface area (Å²) < 4.78 is 14.2. The van der Waals surface area contributed by atoms with Crippen molar-refractivity contribution in [3.63, 3.8) is 0 Å². The van der Waals surface area contributed by atoms with E-state index in [4.69, 9.17) is 15.2 Å². The number of aromatic nitrogens is 2. The van der Waals surface area contributed by atoms with Gasteiger partial charge in [-0.15, -0.1) is 0 Å². The van der Waals surface area contributed by atoms with Crippen LogP contribution in [0.1, 0.15) is 26.7 Å². The lowest BCUT2D eigenvalue weighted by Crippen LogP contribution is -2.52. The summed E-state index contributed by atoms with van der Waals surface area (Å²) in [5.41, 5.74) is 6.25. The monoisotopic (exact) mass is 495 g/mol. The SMILES string of the molecule is CCn1c(=O)n(C(=O)NCC2CCN(C(Oc3ccccc3)C(C)OC(N)=O)CC2)c2ccccc21. The molecule has 4 rings (SSSR count). The Balaban J connectivity index is 1.38. The van der Waals surface area contributed by atoms with Gasteiger partial charge in [-0.3, -0.25) is 9.47 Å². The van der Waals surface area contributed by atoms with Crippen molar-refractivity contribution in [1.29, 1.82) is 0 Å². The number of imidazole rings is 1. The van der Waals surface area contributed by atoms with E-state index in [9.17, 15) is 14.4 Å². The number of hydrogen-bond donors (Lipinski definition) is 2. The van der Waals surface area contributed by atoms with E-state index < -0.39 is 24.5 Å². The molecular weight excluding hydrogens is 462 g/mol. The molecule has 2 amide bonds. The zero-order valence-corrected chi connectivity index (χ0v) is 20.6. The maximum absolute atomic E-state index is 13.0. The number of nitrogens with two attached hydrogens (primary N) is 1. The molecule has 0 bridgehead atoms. The number of carbonyl (C=O) groups is 2. The molecule has 3 aromatic rings. The number of benzene rings is 2. The number of hydrogen-bond acceptors (Lipinski definition) is 6. The van der Waals surface area contributed by atoms with Crippen LogP contribution >= 0.6 is 0 Å². The molecule has 2 atom stereocenters. The van der Waals surface area contributed by atoms with Gasteiger partial charge in [-0.05, 0) is 56.9 Å². The number of nitrogens with one attached hydrogen (secondary N) is 1. The molecule has 1 aromatic heterocycles. The molecule has 1 aliphatic rings. The number of nitrogens with zero attached hydrogens (tertiary/aromatic N) is 3. The van der Waals surface area contributed by atoms with Crippen LogP contribution in [0.25, 0.3) is 11.0 Å². The van der Waals surface area contributed by atoms with Crippen molar-refractivity contribution in [2.45, 2.75) is 45.6 Å². The molecule has 1 aliphatic heterocycles. The number of para-hydroxylation sites is 3. The second-order valence-corrected chi connectivity index (χ2v) is 8.98. The lowest BCUT2D eigenvalue weighted by atomic mass is 9.96. The van der Waals surface area contributed by atoms with E-state index in [1.165, 1.54) is 4.57 Å². The molecule has 10 nitrogen and oxygen atoms in total. The molecule has 0 saturated carbocycles. The average Bonchev–Trinajstić information content (AvgIpc) is 3.17. The molecule has 0 aliphatic carbocycles. The number of fused-ring (bicyclic) bond motifs is 1. The fourth-order valence-corrected chi connectivity index (χ4v) is 4.78. The normalized spacial score (nSPS) is 16.4. The Kier molecular flexibility index (Phi) is 7.94. The van der Waals surface area contributed by atoms with Crippen molar-refractivity contribution in [1.82, 2.24) is 19.4 Å². The highest BCUT2D eigenvalue weighted by atomic mass is 16.6. The maximum Gasteiger partial charge on any atom is 0.404 e. The first-order valence-electron chi connectivity index (χ1n) is 12.3. The van der Waals surface area contributed by atoms with Crippen LogP contribution in [0.5, 0.6) is 5.75 Å². The van der Waals surface area contributed by atoms with Gasteiger partial charge in [0.25, 0.3) is 0 Å². The van der Waals surface area contributed by atoms with Crippen molar-refractivity contribution in [2.75, 3.05) is 19.6 Å². The summed E-state index contributed by atoms with van der Waals surface area (Å²) in [7, 11) is 0. The number of piperidine rings is 1. The number of amides is 2. The minimum atomic E-state index is -0.846. The zero-order valence-electron chi connectivity index (χ0n) is 20.6. The molecular formula is C26H33N5O5. The number of likely N-dealkylation sites (tertiary alicyclic amines) is 1. The van der Waals surface area contributed by atoms with Crippen LogP contribution in [0.15, 0.2) is 59.4 Å². The number of aryl methyl sites for hydroxylation is 1. The second-order valence-electron chi connectivity index (χ2n) is 8.98. The highest BCUT2D eigenvalue weighted by molar-refractivity contribution is 5.89. The highest BCUT2D eigenvalue weighted by Gasteiger charge is 2.32. The van der Waals surface area contributed by atoms with E-state index in [2.05, 4.69) is 10.2 Å². The molecule has 0 radical (unpaired) electrons. The standard InChI is InChI=1S/C26H33N5O5/c1-3-30-21-11-7-8-12-22(21)31(26(30)34)25(33)28-17-19-13-15-29(16-14-19)23(18(2)35-24(27)32)36-20-9-5-4-6-10-20/h4-12,18-19,23H,3,13-17H2,1-2H3,(H2,27,32)(H,28,33). The lowest BCUT2D eigenvalue weighted by Gasteiger charge is -2.39. The predicted octanol–water partition coefficient (Wildman–Crippen LogP) is 2.98. The minimum absolute atomic E-state index is 0.241. The van der Waals surface area contributed by atoms with Crippen molar-refractivity contribution in [3.05, 3.63) is 65.1 Å². The van der Waals surface area contributed by atoms with Gasteiger partial charge < -0.3 is 20.5 Å². The second kappa shape index (κ2) is 11.3. The molecule has 2 aromatic carbocycles. The Morgan fingerprint density at radius 1 is 1.06 bits per heavy atom. The topological polar surface area (TPSA) is 121 Å². The van der Waals surface area contributed by atoms with E-state index in [1.807, 2.05) is 55.5 Å². The Bertz CT molecular complexity index is 1250. The van der Waals surface area contributed by atoms with Gasteiger partial charge in [0.05, 0.1) is 11.0 Å². The first-order chi connectivity index (χ1) is 17.4. The maximum atomic E-state index is 13.0. The highest BCUT2D eigenvalue weighted by Crippen LogP contribution is 2.23. The van der Waals surface area contributed by atoms with Crippen LogP contribution in [0.4, 0.5) is 9.59 Å². The van der Waals surface area contributed by atoms with E-state index >= 15 is 0 Å². The quantitative estimate of drug-likeness (QED) is 0.496. The molecule has 36 heavy (non-hydrogen) atoms. The zero-order chi connectivity index (χ0) is 25.7. The third-order valence-corrected chi connectivity index (χ3v) is 6.61. The Morgan fingerprint density at radius 2 is 1.69 bits per heavy atom. The van der Waals surface area contributed by atoms with Crippen LogP contribution in [-0.4, -0.2) is 58.1 Å². The molecule has 2 unspecified atom stereocenters.